The molecule has 4 heteroatoms. The first-order valence-electron chi connectivity index (χ1n) is 3.14. The van der Waals surface area contributed by atoms with Gasteiger partial charge >= 0.3 is 0 Å². The van der Waals surface area contributed by atoms with Gasteiger partial charge in [0.2, 0.25) is 0 Å². The fourth-order valence-electron chi connectivity index (χ4n) is 0.869. The zero-order chi connectivity index (χ0) is 6.69. The second-order valence-corrected chi connectivity index (χ2v) is 2.19. The van der Waals surface area contributed by atoms with Gasteiger partial charge in [-0.25, -0.2) is 0 Å². The summed E-state index contributed by atoms with van der Waals surface area (Å²) in [4.78, 5) is 0. The van der Waals surface area contributed by atoms with Crippen LogP contribution in [0, 0.1) is 0 Å². The maximum absolute atomic E-state index is 5.46. The molecule has 0 aromatic rings. The smallest absolute Gasteiger partial charge is 0.110 e. The van der Waals surface area contributed by atoms with E-state index in [1.807, 2.05) is 0 Å². The Bertz CT molecular complexity index is 91.0. The van der Waals surface area contributed by atoms with Gasteiger partial charge in [0, 0.05) is 19.1 Å². The van der Waals surface area contributed by atoms with Crippen molar-refractivity contribution in [3.05, 3.63) is 0 Å². The molecule has 9 heavy (non-hydrogen) atoms. The fourth-order valence-corrected chi connectivity index (χ4v) is 0.869. The molecule has 4 radical (unpaired) electrons. The highest BCUT2D eigenvalue weighted by Gasteiger charge is 2.15. The topological polar surface area (TPSA) is 21.3 Å². The first kappa shape index (κ1) is 7.16. The van der Waals surface area contributed by atoms with Gasteiger partial charge in [-0.1, -0.05) is 6.32 Å². The lowest BCUT2D eigenvalue weighted by Crippen LogP contribution is -2.44. The van der Waals surface area contributed by atoms with E-state index in [2.05, 4.69) is 5.32 Å². The summed E-state index contributed by atoms with van der Waals surface area (Å²) in [6, 6.07) is -0.174. The van der Waals surface area contributed by atoms with Crippen molar-refractivity contribution in [1.82, 2.24) is 5.32 Å². The Morgan fingerprint density at radius 3 is 2.78 bits per heavy atom. The summed E-state index contributed by atoms with van der Waals surface area (Å²) in [5, 5.41) is 3.11. The van der Waals surface area contributed by atoms with Crippen molar-refractivity contribution in [3.8, 4) is 0 Å². The van der Waals surface area contributed by atoms with Gasteiger partial charge in [0.1, 0.15) is 7.85 Å². The van der Waals surface area contributed by atoms with Gasteiger partial charge in [0.25, 0.3) is 0 Å². The van der Waals surface area contributed by atoms with Crippen LogP contribution in [0.15, 0.2) is 0 Å². The van der Waals surface area contributed by atoms with Crippen LogP contribution in [0.3, 0.4) is 0 Å². The van der Waals surface area contributed by atoms with Gasteiger partial charge in [-0.05, 0) is 0 Å². The van der Waals surface area contributed by atoms with Crippen LogP contribution in [-0.2, 0) is 4.74 Å². The Balaban J connectivity index is 2.23. The van der Waals surface area contributed by atoms with Crippen LogP contribution in [0.2, 0.25) is 6.32 Å². The normalized spacial score (nSPS) is 36.4. The summed E-state index contributed by atoms with van der Waals surface area (Å²) in [6.07, 6.45) is 0.648. The minimum Gasteiger partial charge on any atom is -0.383 e. The zero-order valence-electron chi connectivity index (χ0n) is 5.34. The van der Waals surface area contributed by atoms with Crippen molar-refractivity contribution in [3.63, 3.8) is 0 Å². The van der Waals surface area contributed by atoms with Crippen molar-refractivity contribution in [2.75, 3.05) is 13.1 Å². The SMILES string of the molecule is [B]CC1CNCC([B])O1. The van der Waals surface area contributed by atoms with E-state index in [0.717, 1.165) is 13.1 Å². The van der Waals surface area contributed by atoms with Crippen LogP contribution < -0.4 is 5.32 Å². The number of hydrogen-bond donors (Lipinski definition) is 1. The molecule has 0 saturated carbocycles. The lowest BCUT2D eigenvalue weighted by molar-refractivity contribution is 0.0165. The summed E-state index contributed by atoms with van der Waals surface area (Å²) in [5.41, 5.74) is 0. The molecule has 1 saturated heterocycles. The quantitative estimate of drug-likeness (QED) is 0.451. The molecule has 1 fully saturated rings. The van der Waals surface area contributed by atoms with Crippen molar-refractivity contribution < 1.29 is 4.74 Å². The Morgan fingerprint density at radius 2 is 2.33 bits per heavy atom. The molecule has 1 aliphatic heterocycles. The van der Waals surface area contributed by atoms with Gasteiger partial charge in [-0.15, -0.1) is 0 Å². The molecule has 46 valence electrons. The average molecular weight is 121 g/mol. The first-order valence-corrected chi connectivity index (χ1v) is 3.14. The largest absolute Gasteiger partial charge is 0.383 e. The van der Waals surface area contributed by atoms with Crippen LogP contribution in [0.1, 0.15) is 0 Å². The maximum Gasteiger partial charge on any atom is 0.110 e. The molecule has 0 aliphatic carbocycles. The summed E-state index contributed by atoms with van der Waals surface area (Å²) in [7, 11) is 10.8. The molecular weight excluding hydrogens is 112 g/mol. The fraction of sp³-hybridized carbons (Fsp3) is 1.00. The Kier molecular flexibility index (Phi) is 2.61. The van der Waals surface area contributed by atoms with Gasteiger partial charge < -0.3 is 10.1 Å². The van der Waals surface area contributed by atoms with E-state index >= 15 is 0 Å². The molecule has 2 nitrogen and oxygen atoms in total. The van der Waals surface area contributed by atoms with Crippen molar-refractivity contribution >= 4 is 15.7 Å². The van der Waals surface area contributed by atoms with E-state index in [-0.39, 0.29) is 12.1 Å². The first-order chi connectivity index (χ1) is 4.33. The molecule has 0 spiro atoms. The molecule has 0 amide bonds. The number of morpholine rings is 1. The van der Waals surface area contributed by atoms with E-state index in [4.69, 9.17) is 20.4 Å². The highest BCUT2D eigenvalue weighted by atomic mass is 16.5. The molecule has 1 rings (SSSR count). The summed E-state index contributed by atoms with van der Waals surface area (Å²) < 4.78 is 5.23. The summed E-state index contributed by atoms with van der Waals surface area (Å²) >= 11 is 0. The predicted octanol–water partition coefficient (Wildman–Crippen LogP) is -0.944. The number of hydrogen-bond acceptors (Lipinski definition) is 2. The zero-order valence-corrected chi connectivity index (χ0v) is 5.34. The summed E-state index contributed by atoms with van der Waals surface area (Å²) in [6.45, 7) is 1.56. The average Bonchev–Trinajstić information content (AvgIpc) is 1.88. The standard InChI is InChI=1S/C5H9B2NO/c6-1-4-2-8-3-5(7)9-4/h4-5,8H,1-3H2. The second kappa shape index (κ2) is 3.28. The minimum absolute atomic E-state index is 0.105. The van der Waals surface area contributed by atoms with Crippen molar-refractivity contribution in [2.24, 2.45) is 0 Å². The van der Waals surface area contributed by atoms with Gasteiger partial charge in [-0.3, -0.25) is 0 Å². The van der Waals surface area contributed by atoms with Gasteiger partial charge in [0.15, 0.2) is 0 Å². The maximum atomic E-state index is 5.46. The second-order valence-electron chi connectivity index (χ2n) is 2.19. The van der Waals surface area contributed by atoms with Crippen molar-refractivity contribution in [2.45, 2.75) is 18.4 Å². The van der Waals surface area contributed by atoms with Crippen LogP contribution in [-0.4, -0.2) is 40.9 Å². The highest BCUT2D eigenvalue weighted by Crippen LogP contribution is 2.02. The molecule has 1 N–H and O–H groups in total. The van der Waals surface area contributed by atoms with E-state index in [1.165, 1.54) is 0 Å². The highest BCUT2D eigenvalue weighted by molar-refractivity contribution is 6.11. The molecule has 2 atom stereocenters. The third-order valence-electron chi connectivity index (χ3n) is 1.35. The Hall–Kier alpha value is 0.0499. The Morgan fingerprint density at radius 1 is 1.56 bits per heavy atom. The van der Waals surface area contributed by atoms with Crippen LogP contribution >= 0.6 is 0 Å². The van der Waals surface area contributed by atoms with Crippen molar-refractivity contribution in [1.29, 1.82) is 0 Å². The van der Waals surface area contributed by atoms with E-state index in [9.17, 15) is 0 Å². The molecule has 0 aromatic carbocycles. The van der Waals surface area contributed by atoms with E-state index in [0.29, 0.717) is 6.32 Å². The molecule has 2 unspecified atom stereocenters. The van der Waals surface area contributed by atoms with Gasteiger partial charge in [0.05, 0.1) is 14.0 Å². The van der Waals surface area contributed by atoms with Crippen LogP contribution in [0.4, 0.5) is 0 Å². The summed E-state index contributed by atoms with van der Waals surface area (Å²) in [5.74, 6) is 0. The van der Waals surface area contributed by atoms with Crippen LogP contribution in [0.5, 0.6) is 0 Å². The molecule has 0 bridgehead atoms. The van der Waals surface area contributed by atoms with E-state index in [1.54, 1.807) is 0 Å². The monoisotopic (exact) mass is 121 g/mol. The third-order valence-corrected chi connectivity index (χ3v) is 1.35. The molecule has 1 aliphatic rings. The third kappa shape index (κ3) is 2.03. The minimum atomic E-state index is -0.174. The van der Waals surface area contributed by atoms with E-state index < -0.39 is 0 Å². The molecule has 0 aromatic heterocycles. The number of nitrogens with one attached hydrogen (secondary N) is 1. The number of rotatable bonds is 1. The lowest BCUT2D eigenvalue weighted by atomic mass is 9.94. The molecule has 1 heterocycles. The lowest BCUT2D eigenvalue weighted by Gasteiger charge is -2.28. The van der Waals surface area contributed by atoms with Crippen LogP contribution in [0.25, 0.3) is 0 Å². The number of ether oxygens (including phenoxy) is 1. The predicted molar refractivity (Wildman–Crippen MR) is 37.8 cm³/mol. The Labute approximate surface area is 58.2 Å². The van der Waals surface area contributed by atoms with Gasteiger partial charge in [-0.2, -0.15) is 0 Å². The molecular formula is C5H9B2NO.